The van der Waals surface area contributed by atoms with E-state index in [0.29, 0.717) is 45.3 Å². The lowest BCUT2D eigenvalue weighted by molar-refractivity contribution is -0.247. The number of esters is 1. The molecule has 5 aliphatic heterocycles. The van der Waals surface area contributed by atoms with E-state index in [2.05, 4.69) is 9.57 Å². The predicted molar refractivity (Wildman–Crippen MR) is 302 cm³/mol. The highest BCUT2D eigenvalue weighted by atomic mass is 19.3. The molecule has 5 heterocycles. The highest BCUT2D eigenvalue weighted by Crippen LogP contribution is 2.46. The van der Waals surface area contributed by atoms with Crippen LogP contribution in [0.3, 0.4) is 0 Å². The third-order valence-corrected chi connectivity index (χ3v) is 14.5. The van der Waals surface area contributed by atoms with Gasteiger partial charge in [-0.2, -0.15) is 26.3 Å². The second kappa shape index (κ2) is 30.2. The van der Waals surface area contributed by atoms with Crippen LogP contribution >= 0.6 is 0 Å². The number of carbonyl (C=O) groups excluding carboxylic acids is 6. The predicted octanol–water partition coefficient (Wildman–Crippen LogP) is 8.81. The number of fused-ring (bicyclic) bond motifs is 4. The van der Waals surface area contributed by atoms with E-state index >= 15 is 0 Å². The molecule has 0 aromatic heterocycles. The van der Waals surface area contributed by atoms with Crippen molar-refractivity contribution in [3.8, 4) is 5.75 Å². The summed E-state index contributed by atoms with van der Waals surface area (Å²) >= 11 is 0. The molecule has 5 aliphatic rings. The molecule has 0 aliphatic carbocycles. The number of nitrogens with one attached hydrogen (secondary N) is 2. The number of hydroxylamine groups is 2. The van der Waals surface area contributed by atoms with Crippen molar-refractivity contribution in [1.29, 1.82) is 0 Å². The van der Waals surface area contributed by atoms with E-state index in [1.165, 1.54) is 84.7 Å². The van der Waals surface area contributed by atoms with Crippen LogP contribution < -0.4 is 21.6 Å². The van der Waals surface area contributed by atoms with Gasteiger partial charge in [0.15, 0.2) is 6.29 Å². The zero-order valence-electron chi connectivity index (χ0n) is 48.3. The molecule has 8 N–H and O–H groups in total. The molecule has 2 fully saturated rings. The van der Waals surface area contributed by atoms with Crippen molar-refractivity contribution in [2.75, 3.05) is 33.0 Å². The lowest BCUT2D eigenvalue weighted by atomic mass is 10.1. The quantitative estimate of drug-likeness (QED) is 0.00879. The Morgan fingerprint density at radius 3 is 1.24 bits per heavy atom. The second-order valence-corrected chi connectivity index (χ2v) is 20.3. The van der Waals surface area contributed by atoms with Crippen molar-refractivity contribution in [3.05, 3.63) is 241 Å². The lowest BCUT2D eigenvalue weighted by Gasteiger charge is -2.33. The van der Waals surface area contributed by atoms with E-state index in [-0.39, 0.29) is 71.9 Å². The number of nitrogens with two attached hydrogens (primary N) is 1. The van der Waals surface area contributed by atoms with E-state index in [1.54, 1.807) is 46.8 Å². The van der Waals surface area contributed by atoms with Crippen LogP contribution in [0.5, 0.6) is 5.75 Å². The van der Waals surface area contributed by atoms with E-state index in [9.17, 15) is 68.3 Å². The third-order valence-electron chi connectivity index (χ3n) is 14.5. The SMILES string of the molecule is NOC1CCCCO1.O=C(NO)c1ccc(CN2C(=O)c3ccccc3C2(F)F)cc1.O=C(NO)c1ccc(CN2C(=O)c3ccccc3C23OCCO3)cc1.O=C(Oc1c(F)c(F)c(F)c(F)c1F)c1ccc(CN2C(=O)c3ccccc3C2(F)F)cc1.OCCO. The zero-order chi connectivity index (χ0) is 67.4. The Balaban J connectivity index is 0.000000166. The monoisotopic (exact) mass is 1310 g/mol. The minimum absolute atomic E-state index is 0.00576. The molecule has 1 spiro atoms. The van der Waals surface area contributed by atoms with Crippen molar-refractivity contribution in [2.24, 2.45) is 5.90 Å². The smallest absolute Gasteiger partial charge is 0.356 e. The van der Waals surface area contributed by atoms with Crippen molar-refractivity contribution < 1.29 is 113 Å². The highest BCUT2D eigenvalue weighted by Gasteiger charge is 2.55. The lowest BCUT2D eigenvalue weighted by Crippen LogP contribution is -2.44. The van der Waals surface area contributed by atoms with E-state index in [1.807, 2.05) is 18.2 Å². The first-order chi connectivity index (χ1) is 44.5. The number of rotatable bonds is 12. The number of nitrogens with zero attached hydrogens (tertiary/aromatic N) is 3. The summed E-state index contributed by atoms with van der Waals surface area (Å²) in [5, 5.41) is 32.5. The molecular formula is C63H55F9N6O15. The van der Waals surface area contributed by atoms with Gasteiger partial charge in [0.25, 0.3) is 35.4 Å². The molecule has 21 nitrogen and oxygen atoms in total. The van der Waals surface area contributed by atoms with Crippen LogP contribution in [0.15, 0.2) is 146 Å². The first kappa shape index (κ1) is 69.3. The van der Waals surface area contributed by atoms with Gasteiger partial charge in [0.1, 0.15) is 0 Å². The van der Waals surface area contributed by atoms with Crippen LogP contribution in [-0.2, 0) is 56.7 Å². The van der Waals surface area contributed by atoms with Gasteiger partial charge in [-0.15, -0.1) is 0 Å². The fourth-order valence-corrected chi connectivity index (χ4v) is 9.89. The topological polar surface area (TPSA) is 289 Å². The molecule has 93 heavy (non-hydrogen) atoms. The van der Waals surface area contributed by atoms with Crippen molar-refractivity contribution >= 4 is 35.5 Å². The number of carbonyl (C=O) groups is 6. The normalized spacial score (nSPS) is 16.6. The van der Waals surface area contributed by atoms with Gasteiger partial charge in [-0.05, 0) is 84.1 Å². The number of aliphatic hydroxyl groups excluding tert-OH is 2. The Bertz CT molecular complexity index is 3830. The van der Waals surface area contributed by atoms with Gasteiger partial charge in [0, 0.05) is 29.7 Å². The van der Waals surface area contributed by atoms with Crippen molar-refractivity contribution in [2.45, 2.75) is 63.2 Å². The number of hydrogen-bond donors (Lipinski definition) is 7. The fourth-order valence-electron chi connectivity index (χ4n) is 9.89. The number of alkyl halides is 4. The van der Waals surface area contributed by atoms with Crippen LogP contribution in [0.2, 0.25) is 0 Å². The molecule has 7 aromatic rings. The van der Waals surface area contributed by atoms with Gasteiger partial charge in [0.2, 0.25) is 34.8 Å². The maximum Gasteiger partial charge on any atom is 0.356 e. The van der Waals surface area contributed by atoms with E-state index in [4.69, 9.17) is 40.7 Å². The van der Waals surface area contributed by atoms with Gasteiger partial charge in [-0.1, -0.05) is 91.0 Å². The molecule has 0 bridgehead atoms. The molecule has 1 unspecified atom stereocenters. The van der Waals surface area contributed by atoms with Crippen LogP contribution in [-0.4, -0.2) is 110 Å². The molecule has 5 amide bonds. The summed E-state index contributed by atoms with van der Waals surface area (Å²) in [6.07, 6.45) is 3.11. The number of aliphatic hydroxyl groups is 2. The van der Waals surface area contributed by atoms with Crippen molar-refractivity contribution in [1.82, 2.24) is 25.7 Å². The summed E-state index contributed by atoms with van der Waals surface area (Å²) in [5.41, 5.74) is 5.02. The zero-order valence-corrected chi connectivity index (χ0v) is 48.3. The van der Waals surface area contributed by atoms with Gasteiger partial charge >= 0.3 is 18.1 Å². The average Bonchev–Trinajstić information content (AvgIpc) is 1.60. The molecular weight excluding hydrogens is 1250 g/mol. The number of ether oxygens (including phenoxy) is 4. The minimum Gasteiger partial charge on any atom is -0.416 e. The molecule has 490 valence electrons. The molecule has 12 rings (SSSR count). The number of amides is 5. The third kappa shape index (κ3) is 14.8. The first-order valence-corrected chi connectivity index (χ1v) is 27.9. The maximum absolute atomic E-state index is 14.6. The van der Waals surface area contributed by atoms with E-state index < -0.39 is 94.5 Å². The van der Waals surface area contributed by atoms with Crippen molar-refractivity contribution in [3.63, 3.8) is 0 Å². The average molecular weight is 1310 g/mol. The summed E-state index contributed by atoms with van der Waals surface area (Å²) in [6, 6.07) is 27.8. The summed E-state index contributed by atoms with van der Waals surface area (Å²) in [7, 11) is 0. The first-order valence-electron chi connectivity index (χ1n) is 27.9. The van der Waals surface area contributed by atoms with E-state index in [0.717, 1.165) is 43.2 Å². The summed E-state index contributed by atoms with van der Waals surface area (Å²) in [5.74, 6) is -14.3. The Hall–Kier alpha value is -9.63. The van der Waals surface area contributed by atoms with Crippen LogP contribution in [0.25, 0.3) is 0 Å². The van der Waals surface area contributed by atoms with Gasteiger partial charge in [-0.3, -0.25) is 53.9 Å². The van der Waals surface area contributed by atoms with Crippen LogP contribution in [0.1, 0.15) is 115 Å². The van der Waals surface area contributed by atoms with Crippen LogP contribution in [0, 0.1) is 29.1 Å². The fraction of sp³-hybridized carbons (Fsp3) is 0.238. The summed E-state index contributed by atoms with van der Waals surface area (Å²) < 4.78 is 146. The van der Waals surface area contributed by atoms with Gasteiger partial charge in [0.05, 0.1) is 79.4 Å². The molecule has 2 saturated heterocycles. The molecule has 30 heteroatoms. The standard InChI is InChI=1S/C22H10F7NO3.C18H16N2O5.C16H12F2N2O3.C5H11NO2.C2H6O2/c23-14-15(24)17(26)19(18(27)16(14)25)33-21(32)11-7-5-10(6-8-11)9-30-20(31)12-3-1-2-4-13(12)22(30,28)29;21-16(19-23)13-7-5-12(6-8-13)11-20-17(22)14-3-1-2-4-15(14)18(20)24-9-10-25-18;17-16(18)13-4-2-1-3-12(13)15(22)20(16)9-10-5-7-11(8-6-10)14(21)19-23;6-8-5-3-1-2-4-7-5;3-1-2-4/h1-8H,9H2;1-8,23H,9-11H2,(H,19,21);1-8,23H,9H2,(H,19,21);5H,1-4,6H2;3-4H,1-2H2. The Labute approximate surface area is 521 Å². The molecule has 0 radical (unpaired) electrons. The minimum atomic E-state index is -3.57. The maximum atomic E-state index is 14.6. The molecule has 7 aromatic carbocycles. The number of halogens is 9. The Morgan fingerprint density at radius 2 is 0.871 bits per heavy atom. The van der Waals surface area contributed by atoms with Crippen LogP contribution in [0.4, 0.5) is 39.5 Å². The number of hydrogen-bond acceptors (Lipinski definition) is 16. The largest absolute Gasteiger partial charge is 0.416 e. The summed E-state index contributed by atoms with van der Waals surface area (Å²) in [4.78, 5) is 79.0. The second-order valence-electron chi connectivity index (χ2n) is 20.3. The molecule has 1 atom stereocenters. The molecule has 0 saturated carbocycles. The number of benzene rings is 7. The Morgan fingerprint density at radius 1 is 0.505 bits per heavy atom. The highest BCUT2D eigenvalue weighted by molar-refractivity contribution is 6.01. The summed E-state index contributed by atoms with van der Waals surface area (Å²) in [6.45, 7) is 0.812. The van der Waals surface area contributed by atoms with Gasteiger partial charge in [-0.25, -0.2) is 34.8 Å². The Kier molecular flexibility index (Phi) is 22.5. The van der Waals surface area contributed by atoms with Gasteiger partial charge < -0.3 is 29.2 Å².